The number of nitrogens with one attached hydrogen (secondary N) is 1. The van der Waals surface area contributed by atoms with E-state index in [9.17, 15) is 4.79 Å². The van der Waals surface area contributed by atoms with Gasteiger partial charge in [-0.3, -0.25) is 14.9 Å². The highest BCUT2D eigenvalue weighted by atomic mass is 16.5. The van der Waals surface area contributed by atoms with Crippen LogP contribution >= 0.6 is 0 Å². The van der Waals surface area contributed by atoms with Crippen molar-refractivity contribution in [3.8, 4) is 5.75 Å². The van der Waals surface area contributed by atoms with Crippen LogP contribution in [0.25, 0.3) is 10.9 Å². The number of urea groups is 1. The Balaban J connectivity index is 1.80. The first-order valence-corrected chi connectivity index (χ1v) is 8.11. The van der Waals surface area contributed by atoms with Crippen LogP contribution in [0.1, 0.15) is 6.92 Å². The van der Waals surface area contributed by atoms with Crippen LogP contribution in [0.2, 0.25) is 0 Å². The predicted molar refractivity (Wildman–Crippen MR) is 95.1 cm³/mol. The van der Waals surface area contributed by atoms with Crippen molar-refractivity contribution < 1.29 is 14.3 Å². The molecule has 2 atom stereocenters. The summed E-state index contributed by atoms with van der Waals surface area (Å²) in [4.78, 5) is 23.0. The first-order chi connectivity index (χ1) is 12.2. The molecule has 2 amide bonds. The number of anilines is 1. The average Bonchev–Trinajstić information content (AvgIpc) is 2.98. The van der Waals surface area contributed by atoms with Crippen LogP contribution in [-0.2, 0) is 4.74 Å². The molecule has 0 aliphatic carbocycles. The molecule has 0 bridgehead atoms. The smallest absolute Gasteiger partial charge is 0.324 e. The highest BCUT2D eigenvalue weighted by Crippen LogP contribution is 2.34. The lowest BCUT2D eigenvalue weighted by Gasteiger charge is -2.28. The van der Waals surface area contributed by atoms with Gasteiger partial charge in [-0.25, -0.2) is 4.79 Å². The molecular weight excluding hydrogens is 320 g/mol. The molecule has 0 radical (unpaired) electrons. The molecule has 7 nitrogen and oxygen atoms in total. The van der Waals surface area contributed by atoms with Gasteiger partial charge in [0, 0.05) is 23.5 Å². The number of nitrogens with zero attached hydrogens (tertiary/aromatic N) is 3. The van der Waals surface area contributed by atoms with E-state index in [0.717, 1.165) is 22.3 Å². The van der Waals surface area contributed by atoms with E-state index in [2.05, 4.69) is 15.3 Å². The van der Waals surface area contributed by atoms with E-state index >= 15 is 0 Å². The molecule has 2 aliphatic heterocycles. The Kier molecular flexibility index (Phi) is 3.76. The van der Waals surface area contributed by atoms with Gasteiger partial charge in [0.05, 0.1) is 19.2 Å². The minimum Gasteiger partial charge on any atom is -0.496 e. The van der Waals surface area contributed by atoms with Gasteiger partial charge in [-0.1, -0.05) is 0 Å². The number of methoxy groups -OCH3 is 1. The molecule has 7 heteroatoms. The minimum absolute atomic E-state index is 0.207. The van der Waals surface area contributed by atoms with Crippen molar-refractivity contribution >= 4 is 28.8 Å². The second kappa shape index (κ2) is 6.08. The minimum atomic E-state index is -0.356. The molecule has 2 unspecified atom stereocenters. The van der Waals surface area contributed by atoms with Crippen LogP contribution in [0, 0.1) is 0 Å². The van der Waals surface area contributed by atoms with Crippen molar-refractivity contribution in [3.05, 3.63) is 42.3 Å². The Hall–Kier alpha value is -3.09. The molecule has 1 fully saturated rings. The number of hydrogen-bond acceptors (Lipinski definition) is 5. The third-order valence-electron chi connectivity index (χ3n) is 4.34. The van der Waals surface area contributed by atoms with Gasteiger partial charge in [-0.15, -0.1) is 0 Å². The predicted octanol–water partition coefficient (Wildman–Crippen LogP) is 2.47. The molecule has 1 saturated heterocycles. The summed E-state index contributed by atoms with van der Waals surface area (Å²) < 4.78 is 11.1. The molecule has 1 N–H and O–H groups in total. The molecule has 4 rings (SSSR count). The maximum absolute atomic E-state index is 12.6. The number of ether oxygens (including phenoxy) is 2. The van der Waals surface area contributed by atoms with Crippen LogP contribution in [0.4, 0.5) is 10.5 Å². The van der Waals surface area contributed by atoms with Crippen LogP contribution in [-0.4, -0.2) is 43.2 Å². The van der Waals surface area contributed by atoms with E-state index < -0.39 is 0 Å². The second-order valence-electron chi connectivity index (χ2n) is 5.72. The van der Waals surface area contributed by atoms with Gasteiger partial charge in [0.1, 0.15) is 17.6 Å². The Morgan fingerprint density at radius 1 is 1.32 bits per heavy atom. The SMILES string of the molecule is CCOC1=CC=NC2NC(=O)N(c3ccc4nccc(OC)c4c3)C12. The molecular formula is C18H18N4O3. The van der Waals surface area contributed by atoms with E-state index in [0.29, 0.717) is 12.4 Å². The quantitative estimate of drug-likeness (QED) is 0.929. The Labute approximate surface area is 145 Å². The van der Waals surface area contributed by atoms with E-state index in [1.807, 2.05) is 25.1 Å². The largest absolute Gasteiger partial charge is 0.496 e. The van der Waals surface area contributed by atoms with Gasteiger partial charge >= 0.3 is 6.03 Å². The molecule has 25 heavy (non-hydrogen) atoms. The first kappa shape index (κ1) is 15.4. The number of aliphatic imine (C=N–C) groups is 1. The number of carbonyl (C=O) groups is 1. The maximum Gasteiger partial charge on any atom is 0.324 e. The summed E-state index contributed by atoms with van der Waals surface area (Å²) >= 11 is 0. The van der Waals surface area contributed by atoms with Gasteiger partial charge in [0.15, 0.2) is 6.17 Å². The highest BCUT2D eigenvalue weighted by molar-refractivity contribution is 6.00. The molecule has 1 aromatic heterocycles. The summed E-state index contributed by atoms with van der Waals surface area (Å²) in [7, 11) is 1.62. The fourth-order valence-electron chi connectivity index (χ4n) is 3.27. The van der Waals surface area contributed by atoms with Gasteiger partial charge < -0.3 is 14.8 Å². The number of allylic oxidation sites excluding steroid dienone is 1. The Bertz CT molecular complexity index is 893. The lowest BCUT2D eigenvalue weighted by molar-refractivity contribution is 0.203. The number of benzene rings is 1. The van der Waals surface area contributed by atoms with Crippen molar-refractivity contribution in [2.24, 2.45) is 4.99 Å². The molecule has 1 aromatic carbocycles. The molecule has 0 spiro atoms. The third kappa shape index (κ3) is 2.48. The number of rotatable bonds is 4. The number of hydrogen-bond donors (Lipinski definition) is 1. The Morgan fingerprint density at radius 2 is 2.20 bits per heavy atom. The molecule has 0 saturated carbocycles. The third-order valence-corrected chi connectivity index (χ3v) is 4.34. The van der Waals surface area contributed by atoms with Crippen molar-refractivity contribution in [1.82, 2.24) is 10.3 Å². The summed E-state index contributed by atoms with van der Waals surface area (Å²) in [5.74, 6) is 1.43. The lowest BCUT2D eigenvalue weighted by Crippen LogP contribution is -2.40. The average molecular weight is 338 g/mol. The zero-order valence-corrected chi connectivity index (χ0v) is 14.0. The summed E-state index contributed by atoms with van der Waals surface area (Å²) in [5.41, 5.74) is 1.55. The van der Waals surface area contributed by atoms with E-state index in [1.54, 1.807) is 36.6 Å². The summed E-state index contributed by atoms with van der Waals surface area (Å²) in [5, 5.41) is 3.74. The number of pyridine rings is 1. The number of amides is 2. The van der Waals surface area contributed by atoms with E-state index in [-0.39, 0.29) is 18.2 Å². The monoisotopic (exact) mass is 338 g/mol. The molecule has 2 aromatic rings. The number of fused-ring (bicyclic) bond motifs is 2. The van der Waals surface area contributed by atoms with Crippen molar-refractivity contribution in [3.63, 3.8) is 0 Å². The van der Waals surface area contributed by atoms with Crippen LogP contribution < -0.4 is 15.0 Å². The molecule has 3 heterocycles. The normalized spacial score (nSPS) is 21.8. The second-order valence-corrected chi connectivity index (χ2v) is 5.72. The van der Waals surface area contributed by atoms with Gasteiger partial charge in [0.25, 0.3) is 0 Å². The fourth-order valence-corrected chi connectivity index (χ4v) is 3.27. The van der Waals surface area contributed by atoms with Gasteiger partial charge in [-0.05, 0) is 37.3 Å². The maximum atomic E-state index is 12.6. The Morgan fingerprint density at radius 3 is 3.00 bits per heavy atom. The molecule has 128 valence electrons. The van der Waals surface area contributed by atoms with Crippen LogP contribution in [0.15, 0.2) is 47.3 Å². The lowest BCUT2D eigenvalue weighted by atomic mass is 10.1. The fraction of sp³-hybridized carbons (Fsp3) is 0.278. The summed E-state index contributed by atoms with van der Waals surface area (Å²) in [6.07, 6.45) is 4.82. The summed E-state index contributed by atoms with van der Waals surface area (Å²) in [6, 6.07) is 6.95. The number of dihydropyridines is 1. The van der Waals surface area contributed by atoms with Crippen molar-refractivity contribution in [1.29, 1.82) is 0 Å². The zero-order valence-electron chi connectivity index (χ0n) is 14.0. The van der Waals surface area contributed by atoms with E-state index in [1.165, 1.54) is 0 Å². The van der Waals surface area contributed by atoms with Gasteiger partial charge in [0.2, 0.25) is 0 Å². The summed E-state index contributed by atoms with van der Waals surface area (Å²) in [6.45, 7) is 2.45. The highest BCUT2D eigenvalue weighted by Gasteiger charge is 2.44. The first-order valence-electron chi connectivity index (χ1n) is 8.11. The number of aromatic nitrogens is 1. The molecule has 2 aliphatic rings. The number of carbonyl (C=O) groups excluding carboxylic acids is 1. The van der Waals surface area contributed by atoms with Gasteiger partial charge in [-0.2, -0.15) is 0 Å². The van der Waals surface area contributed by atoms with Crippen LogP contribution in [0.5, 0.6) is 5.75 Å². The standard InChI is InChI=1S/C18H18N4O3/c1-3-25-15-7-9-20-17-16(15)22(18(23)21-17)11-4-5-13-12(10-11)14(24-2)6-8-19-13/h4-10,16-17H,3H2,1-2H3,(H,21,23). The van der Waals surface area contributed by atoms with Crippen LogP contribution in [0.3, 0.4) is 0 Å². The topological polar surface area (TPSA) is 76.0 Å². The zero-order chi connectivity index (χ0) is 17.4. The van der Waals surface area contributed by atoms with Crippen molar-refractivity contribution in [2.45, 2.75) is 19.1 Å². The van der Waals surface area contributed by atoms with E-state index in [4.69, 9.17) is 9.47 Å². The van der Waals surface area contributed by atoms with Crippen molar-refractivity contribution in [2.75, 3.05) is 18.6 Å².